The smallest absolute Gasteiger partial charge is 0.408 e. The van der Waals surface area contributed by atoms with Gasteiger partial charge in [0.1, 0.15) is 6.26 Å². The summed E-state index contributed by atoms with van der Waals surface area (Å²) < 4.78 is 5.80. The van der Waals surface area contributed by atoms with Crippen LogP contribution in [0.25, 0.3) is 0 Å². The van der Waals surface area contributed by atoms with Crippen LogP contribution in [-0.2, 0) is 0 Å². The Hall–Kier alpha value is -1.71. The minimum absolute atomic E-state index is 0.303. The molecule has 1 N–H and O–H groups in total. The van der Waals surface area contributed by atoms with Crippen LogP contribution >= 0.6 is 0 Å². The zero-order chi connectivity index (χ0) is 8.55. The van der Waals surface area contributed by atoms with Gasteiger partial charge in [-0.2, -0.15) is 0 Å². The summed E-state index contributed by atoms with van der Waals surface area (Å²) in [4.78, 5) is 0. The minimum Gasteiger partial charge on any atom is -0.616 e. The normalized spacial score (nSPS) is 13.1. The Balaban J connectivity index is 2.58. The van der Waals surface area contributed by atoms with Gasteiger partial charge in [0.05, 0.1) is 0 Å². The molecule has 1 aromatic heterocycles. The quantitative estimate of drug-likeness (QED) is 0.458. The Kier molecular flexibility index (Phi) is 1.40. The van der Waals surface area contributed by atoms with E-state index in [-0.39, 0.29) is 0 Å². The molecule has 1 aliphatic rings. The summed E-state index contributed by atoms with van der Waals surface area (Å²) in [6, 6.07) is 3.55. The van der Waals surface area contributed by atoms with Crippen LogP contribution in [0.1, 0.15) is 5.69 Å². The predicted molar refractivity (Wildman–Crippen MR) is 43.5 cm³/mol. The molecule has 0 amide bonds. The lowest BCUT2D eigenvalue weighted by Gasteiger charge is -2.12. The molecule has 0 spiro atoms. The molecule has 0 bridgehead atoms. The van der Waals surface area contributed by atoms with Crippen LogP contribution in [0.2, 0.25) is 0 Å². The summed E-state index contributed by atoms with van der Waals surface area (Å²) in [7, 11) is 0. The second-order valence-electron chi connectivity index (χ2n) is 2.55. The van der Waals surface area contributed by atoms with Crippen LogP contribution in [0.5, 0.6) is 5.88 Å². The number of aromatic nitrogens is 1. The van der Waals surface area contributed by atoms with Crippen LogP contribution in [0.3, 0.4) is 0 Å². The van der Waals surface area contributed by atoms with E-state index < -0.39 is 0 Å². The van der Waals surface area contributed by atoms with Gasteiger partial charge in [0.2, 0.25) is 0 Å². The molecular weight excluding hydrogens is 156 g/mol. The Labute approximate surface area is 69.7 Å². The highest BCUT2D eigenvalue weighted by Crippen LogP contribution is 2.22. The molecule has 12 heavy (non-hydrogen) atoms. The Morgan fingerprint density at radius 1 is 1.50 bits per heavy atom. The molecule has 62 valence electrons. The van der Waals surface area contributed by atoms with Crippen molar-refractivity contribution in [2.45, 2.75) is 6.92 Å². The molecule has 4 heteroatoms. The van der Waals surface area contributed by atoms with E-state index in [1.54, 1.807) is 19.2 Å². The SMILES string of the molecule is Cc1ccc2c([n+]1[O-])OC=CN2. The van der Waals surface area contributed by atoms with Gasteiger partial charge in [0, 0.05) is 19.2 Å². The van der Waals surface area contributed by atoms with Gasteiger partial charge in [-0.3, -0.25) is 0 Å². The van der Waals surface area contributed by atoms with Gasteiger partial charge >= 0.3 is 5.88 Å². The van der Waals surface area contributed by atoms with Gasteiger partial charge < -0.3 is 15.3 Å². The van der Waals surface area contributed by atoms with Crippen molar-refractivity contribution in [3.8, 4) is 5.88 Å². The first-order valence-electron chi connectivity index (χ1n) is 3.60. The van der Waals surface area contributed by atoms with E-state index in [1.807, 2.05) is 6.07 Å². The first kappa shape index (κ1) is 6.97. The fraction of sp³-hybridized carbons (Fsp3) is 0.125. The van der Waals surface area contributed by atoms with E-state index in [0.29, 0.717) is 17.3 Å². The number of pyridine rings is 1. The molecule has 0 atom stereocenters. The van der Waals surface area contributed by atoms with Gasteiger partial charge in [-0.1, -0.05) is 0 Å². The van der Waals surface area contributed by atoms with Gasteiger partial charge in [0.25, 0.3) is 0 Å². The van der Waals surface area contributed by atoms with E-state index in [1.165, 1.54) is 6.26 Å². The second kappa shape index (κ2) is 2.41. The number of nitrogens with zero attached hydrogens (tertiary/aromatic N) is 1. The average Bonchev–Trinajstić information content (AvgIpc) is 2.12. The van der Waals surface area contributed by atoms with Crippen molar-refractivity contribution in [3.05, 3.63) is 35.5 Å². The molecule has 1 aromatic rings. The van der Waals surface area contributed by atoms with Gasteiger partial charge in [-0.15, -0.1) is 4.73 Å². The van der Waals surface area contributed by atoms with E-state index in [4.69, 9.17) is 4.74 Å². The highest BCUT2D eigenvalue weighted by atomic mass is 16.5. The third-order valence-electron chi connectivity index (χ3n) is 1.71. The number of fused-ring (bicyclic) bond motifs is 1. The maximum atomic E-state index is 11.3. The van der Waals surface area contributed by atoms with E-state index in [2.05, 4.69) is 5.32 Å². The third-order valence-corrected chi connectivity index (χ3v) is 1.71. The van der Waals surface area contributed by atoms with E-state index >= 15 is 0 Å². The van der Waals surface area contributed by atoms with Crippen molar-refractivity contribution in [1.82, 2.24) is 0 Å². The fourth-order valence-corrected chi connectivity index (χ4v) is 1.06. The van der Waals surface area contributed by atoms with Crippen molar-refractivity contribution in [2.75, 3.05) is 5.32 Å². The molecular formula is C8H8N2O2. The van der Waals surface area contributed by atoms with Crippen molar-refractivity contribution in [2.24, 2.45) is 0 Å². The lowest BCUT2D eigenvalue weighted by Crippen LogP contribution is -2.33. The zero-order valence-electron chi connectivity index (χ0n) is 6.57. The second-order valence-corrected chi connectivity index (χ2v) is 2.55. The van der Waals surface area contributed by atoms with Crippen molar-refractivity contribution >= 4 is 5.69 Å². The Morgan fingerprint density at radius 3 is 3.17 bits per heavy atom. The molecule has 4 nitrogen and oxygen atoms in total. The number of ether oxygens (including phenoxy) is 1. The number of anilines is 1. The van der Waals surface area contributed by atoms with Gasteiger partial charge in [-0.05, 0) is 6.07 Å². The maximum absolute atomic E-state index is 11.3. The maximum Gasteiger partial charge on any atom is 0.408 e. The summed E-state index contributed by atoms with van der Waals surface area (Å²) in [5.74, 6) is 0.303. The molecule has 1 aliphatic heterocycles. The third kappa shape index (κ3) is 0.887. The summed E-state index contributed by atoms with van der Waals surface area (Å²) in [5, 5.41) is 14.2. The molecule has 0 unspecified atom stereocenters. The number of rotatable bonds is 0. The molecule has 0 saturated carbocycles. The monoisotopic (exact) mass is 164 g/mol. The van der Waals surface area contributed by atoms with Crippen LogP contribution in [-0.4, -0.2) is 0 Å². The van der Waals surface area contributed by atoms with Crippen LogP contribution in [0.4, 0.5) is 5.69 Å². The molecule has 2 rings (SSSR count). The molecule has 0 aliphatic carbocycles. The van der Waals surface area contributed by atoms with E-state index in [9.17, 15) is 5.21 Å². The number of nitrogens with one attached hydrogen (secondary N) is 1. The first-order valence-corrected chi connectivity index (χ1v) is 3.60. The Morgan fingerprint density at radius 2 is 2.33 bits per heavy atom. The predicted octanol–water partition coefficient (Wildman–Crippen LogP) is 0.904. The molecule has 0 saturated heterocycles. The summed E-state index contributed by atoms with van der Waals surface area (Å²) in [6.07, 6.45) is 3.08. The lowest BCUT2D eigenvalue weighted by molar-refractivity contribution is -0.617. The largest absolute Gasteiger partial charge is 0.616 e. The molecule has 0 fully saturated rings. The summed E-state index contributed by atoms with van der Waals surface area (Å²) in [6.45, 7) is 1.73. The average molecular weight is 164 g/mol. The summed E-state index contributed by atoms with van der Waals surface area (Å²) >= 11 is 0. The molecule has 0 radical (unpaired) electrons. The van der Waals surface area contributed by atoms with Crippen LogP contribution < -0.4 is 14.8 Å². The van der Waals surface area contributed by atoms with Crippen LogP contribution in [0, 0.1) is 12.1 Å². The van der Waals surface area contributed by atoms with Crippen LogP contribution in [0.15, 0.2) is 24.6 Å². The standard InChI is InChI=1S/C8H8N2O2/c1-6-2-3-7-8(10(6)11)12-5-4-9-7/h2-5,9H,1H3. The van der Waals surface area contributed by atoms with Gasteiger partial charge in [0.15, 0.2) is 11.4 Å². The van der Waals surface area contributed by atoms with Gasteiger partial charge in [-0.25, -0.2) is 0 Å². The highest BCUT2D eigenvalue weighted by molar-refractivity contribution is 5.53. The number of hydrogen-bond donors (Lipinski definition) is 1. The zero-order valence-corrected chi connectivity index (χ0v) is 6.57. The number of hydrogen-bond acceptors (Lipinski definition) is 3. The highest BCUT2D eigenvalue weighted by Gasteiger charge is 2.17. The fourth-order valence-electron chi connectivity index (χ4n) is 1.06. The van der Waals surface area contributed by atoms with E-state index in [0.717, 1.165) is 4.73 Å². The van der Waals surface area contributed by atoms with Crippen molar-refractivity contribution in [3.63, 3.8) is 0 Å². The van der Waals surface area contributed by atoms with Crippen molar-refractivity contribution < 1.29 is 9.47 Å². The topological polar surface area (TPSA) is 48.2 Å². The number of aryl methyl sites for hydroxylation is 1. The molecule has 0 aromatic carbocycles. The van der Waals surface area contributed by atoms with Crippen molar-refractivity contribution in [1.29, 1.82) is 0 Å². The minimum atomic E-state index is 0.303. The molecule has 2 heterocycles. The summed E-state index contributed by atoms with van der Waals surface area (Å²) in [5.41, 5.74) is 1.31. The Bertz CT molecular complexity index is 347. The first-order chi connectivity index (χ1) is 5.79. The lowest BCUT2D eigenvalue weighted by atomic mass is 10.3.